The molecule has 1 aliphatic heterocycles. The van der Waals surface area contributed by atoms with Crippen molar-refractivity contribution in [3.05, 3.63) is 28.8 Å². The van der Waals surface area contributed by atoms with E-state index in [1.165, 1.54) is 6.07 Å². The molecule has 0 atom stereocenters. The smallest absolute Gasteiger partial charge is 0.257 e. The van der Waals surface area contributed by atoms with E-state index >= 15 is 0 Å². The third kappa shape index (κ3) is 2.76. The van der Waals surface area contributed by atoms with Crippen LogP contribution in [0.3, 0.4) is 0 Å². The number of methoxy groups -OCH3 is 1. The summed E-state index contributed by atoms with van der Waals surface area (Å²) in [6, 6.07) is 4.55. The average Bonchev–Trinajstić information content (AvgIpc) is 2.38. The second kappa shape index (κ2) is 5.59. The molecule has 4 nitrogen and oxygen atoms in total. The molecule has 2 rings (SSSR count). The topological polar surface area (TPSA) is 49.8 Å². The number of rotatable bonds is 2. The first-order valence-corrected chi connectivity index (χ1v) is 6.30. The number of benzene rings is 1. The van der Waals surface area contributed by atoms with E-state index in [1.54, 1.807) is 24.1 Å². The van der Waals surface area contributed by atoms with E-state index in [1.807, 2.05) is 0 Å². The summed E-state index contributed by atoms with van der Waals surface area (Å²) in [5, 5.41) is 10.2. The maximum Gasteiger partial charge on any atom is 0.257 e. The Bertz CT molecular complexity index is 442. The number of phenols is 1. The van der Waals surface area contributed by atoms with Gasteiger partial charge in [-0.1, -0.05) is 11.6 Å². The maximum absolute atomic E-state index is 12.2. The fourth-order valence-electron chi connectivity index (χ4n) is 2.15. The molecule has 1 fully saturated rings. The lowest BCUT2D eigenvalue weighted by atomic mass is 10.1. The van der Waals surface area contributed by atoms with Crippen molar-refractivity contribution in [2.75, 3.05) is 20.2 Å². The number of ether oxygens (including phenoxy) is 1. The zero-order valence-corrected chi connectivity index (χ0v) is 11.0. The van der Waals surface area contributed by atoms with Gasteiger partial charge in [0, 0.05) is 25.2 Å². The minimum Gasteiger partial charge on any atom is -0.507 e. The van der Waals surface area contributed by atoms with Gasteiger partial charge in [0.15, 0.2) is 0 Å². The van der Waals surface area contributed by atoms with Crippen LogP contribution in [0.4, 0.5) is 0 Å². The van der Waals surface area contributed by atoms with Crippen molar-refractivity contribution >= 4 is 17.5 Å². The minimum atomic E-state index is -0.154. The predicted molar refractivity (Wildman–Crippen MR) is 69.1 cm³/mol. The number of aromatic hydroxyl groups is 1. The third-order valence-corrected chi connectivity index (χ3v) is 3.49. The molecule has 98 valence electrons. The van der Waals surface area contributed by atoms with E-state index in [9.17, 15) is 9.90 Å². The highest BCUT2D eigenvalue weighted by molar-refractivity contribution is 6.30. The Morgan fingerprint density at radius 2 is 2.11 bits per heavy atom. The highest BCUT2D eigenvalue weighted by Crippen LogP contribution is 2.24. The molecule has 1 aromatic carbocycles. The summed E-state index contributed by atoms with van der Waals surface area (Å²) in [5.74, 6) is -0.222. The molecule has 1 amide bonds. The van der Waals surface area contributed by atoms with Crippen LogP contribution in [-0.2, 0) is 4.74 Å². The highest BCUT2D eigenvalue weighted by Gasteiger charge is 2.24. The summed E-state index contributed by atoms with van der Waals surface area (Å²) < 4.78 is 5.26. The fraction of sp³-hybridized carbons (Fsp3) is 0.462. The van der Waals surface area contributed by atoms with Crippen molar-refractivity contribution in [1.29, 1.82) is 0 Å². The molecule has 0 saturated carbocycles. The van der Waals surface area contributed by atoms with Crippen LogP contribution in [0, 0.1) is 0 Å². The van der Waals surface area contributed by atoms with Gasteiger partial charge < -0.3 is 14.7 Å². The molecule has 0 aromatic heterocycles. The van der Waals surface area contributed by atoms with Gasteiger partial charge in [0.2, 0.25) is 0 Å². The molecular formula is C13H16ClNO3. The van der Waals surface area contributed by atoms with Crippen molar-refractivity contribution in [1.82, 2.24) is 4.90 Å². The lowest BCUT2D eigenvalue weighted by molar-refractivity contribution is 0.0349. The van der Waals surface area contributed by atoms with Crippen LogP contribution < -0.4 is 0 Å². The Kier molecular flexibility index (Phi) is 4.09. The number of amides is 1. The van der Waals surface area contributed by atoms with Crippen LogP contribution in [0.15, 0.2) is 18.2 Å². The highest BCUT2D eigenvalue weighted by atomic mass is 35.5. The van der Waals surface area contributed by atoms with Crippen molar-refractivity contribution in [3.8, 4) is 5.75 Å². The Labute approximate surface area is 111 Å². The van der Waals surface area contributed by atoms with Crippen molar-refractivity contribution in [2.24, 2.45) is 0 Å². The lowest BCUT2D eigenvalue weighted by Crippen LogP contribution is -2.40. The lowest BCUT2D eigenvalue weighted by Gasteiger charge is -2.31. The summed E-state index contributed by atoms with van der Waals surface area (Å²) in [6.45, 7) is 1.30. The Balaban J connectivity index is 2.08. The molecule has 1 aromatic rings. The van der Waals surface area contributed by atoms with E-state index in [0.717, 1.165) is 12.8 Å². The Morgan fingerprint density at radius 1 is 1.44 bits per heavy atom. The maximum atomic E-state index is 12.2. The van der Waals surface area contributed by atoms with Crippen molar-refractivity contribution in [3.63, 3.8) is 0 Å². The van der Waals surface area contributed by atoms with Gasteiger partial charge in [0.05, 0.1) is 11.7 Å². The van der Waals surface area contributed by atoms with E-state index in [-0.39, 0.29) is 17.8 Å². The largest absolute Gasteiger partial charge is 0.507 e. The number of phenolic OH excluding ortho intramolecular Hbond substituents is 1. The Morgan fingerprint density at radius 3 is 2.67 bits per heavy atom. The van der Waals surface area contributed by atoms with Gasteiger partial charge in [-0.25, -0.2) is 0 Å². The molecule has 1 N–H and O–H groups in total. The molecule has 0 unspecified atom stereocenters. The van der Waals surface area contributed by atoms with Gasteiger partial charge in [0.1, 0.15) is 5.75 Å². The van der Waals surface area contributed by atoms with Crippen LogP contribution in [0.2, 0.25) is 5.02 Å². The van der Waals surface area contributed by atoms with E-state index in [4.69, 9.17) is 16.3 Å². The van der Waals surface area contributed by atoms with E-state index < -0.39 is 0 Å². The molecule has 0 spiro atoms. The average molecular weight is 270 g/mol. The SMILES string of the molecule is COC1CCN(C(=O)c2ccc(Cl)cc2O)CC1. The standard InChI is InChI=1S/C13H16ClNO3/c1-18-10-4-6-15(7-5-10)13(17)11-3-2-9(14)8-12(11)16/h2-3,8,10,16H,4-7H2,1H3. The predicted octanol–water partition coefficient (Wildman–Crippen LogP) is 2.30. The minimum absolute atomic E-state index is 0.0682. The van der Waals surface area contributed by atoms with Gasteiger partial charge >= 0.3 is 0 Å². The van der Waals surface area contributed by atoms with Gasteiger partial charge in [-0.2, -0.15) is 0 Å². The van der Waals surface area contributed by atoms with Gasteiger partial charge in [-0.3, -0.25) is 4.79 Å². The molecule has 5 heteroatoms. The molecular weight excluding hydrogens is 254 g/mol. The normalized spacial score (nSPS) is 16.9. The monoisotopic (exact) mass is 269 g/mol. The molecule has 1 saturated heterocycles. The molecule has 0 bridgehead atoms. The first-order valence-electron chi connectivity index (χ1n) is 5.92. The summed E-state index contributed by atoms with van der Waals surface area (Å²) in [7, 11) is 1.69. The van der Waals surface area contributed by atoms with Gasteiger partial charge in [0.25, 0.3) is 5.91 Å². The van der Waals surface area contributed by atoms with Crippen LogP contribution in [0.1, 0.15) is 23.2 Å². The summed E-state index contributed by atoms with van der Waals surface area (Å²) in [4.78, 5) is 13.9. The van der Waals surface area contributed by atoms with Crippen LogP contribution in [0.5, 0.6) is 5.75 Å². The van der Waals surface area contributed by atoms with E-state index in [0.29, 0.717) is 23.7 Å². The first-order chi connectivity index (χ1) is 8.61. The number of carbonyl (C=O) groups is 1. The summed E-state index contributed by atoms with van der Waals surface area (Å²) >= 11 is 5.74. The second-order valence-electron chi connectivity index (χ2n) is 4.39. The zero-order chi connectivity index (χ0) is 13.1. The van der Waals surface area contributed by atoms with Crippen molar-refractivity contribution < 1.29 is 14.6 Å². The number of halogens is 1. The quantitative estimate of drug-likeness (QED) is 0.896. The van der Waals surface area contributed by atoms with Crippen molar-refractivity contribution in [2.45, 2.75) is 18.9 Å². The fourth-order valence-corrected chi connectivity index (χ4v) is 2.32. The van der Waals surface area contributed by atoms with E-state index in [2.05, 4.69) is 0 Å². The number of nitrogens with zero attached hydrogens (tertiary/aromatic N) is 1. The molecule has 0 aliphatic carbocycles. The second-order valence-corrected chi connectivity index (χ2v) is 4.83. The molecule has 18 heavy (non-hydrogen) atoms. The summed E-state index contributed by atoms with van der Waals surface area (Å²) in [6.07, 6.45) is 1.89. The van der Waals surface area contributed by atoms with Gasteiger partial charge in [-0.05, 0) is 31.0 Å². The number of hydrogen-bond donors (Lipinski definition) is 1. The molecule has 1 heterocycles. The molecule has 1 aliphatic rings. The van der Waals surface area contributed by atoms with Crippen LogP contribution in [0.25, 0.3) is 0 Å². The third-order valence-electron chi connectivity index (χ3n) is 3.25. The number of likely N-dealkylation sites (tertiary alicyclic amines) is 1. The summed E-state index contributed by atoms with van der Waals surface area (Å²) in [5.41, 5.74) is 0.301. The number of piperidine rings is 1. The van der Waals surface area contributed by atoms with Crippen LogP contribution in [-0.4, -0.2) is 42.2 Å². The number of hydrogen-bond acceptors (Lipinski definition) is 3. The zero-order valence-electron chi connectivity index (χ0n) is 10.2. The van der Waals surface area contributed by atoms with Crippen LogP contribution >= 0.6 is 11.6 Å². The molecule has 0 radical (unpaired) electrons. The van der Waals surface area contributed by atoms with Gasteiger partial charge in [-0.15, -0.1) is 0 Å². The number of carbonyl (C=O) groups excluding carboxylic acids is 1. The first kappa shape index (κ1) is 13.2. The Hall–Kier alpha value is -1.26.